The summed E-state index contributed by atoms with van der Waals surface area (Å²) < 4.78 is 13.1. The van der Waals surface area contributed by atoms with Crippen molar-refractivity contribution < 1.29 is 19.1 Å². The minimum absolute atomic E-state index is 0.0791. The molecule has 2 saturated heterocycles. The quantitative estimate of drug-likeness (QED) is 0.907. The molecule has 2 atom stereocenters. The van der Waals surface area contributed by atoms with Gasteiger partial charge in [0.2, 0.25) is 5.91 Å². The van der Waals surface area contributed by atoms with Gasteiger partial charge in [-0.05, 0) is 49.8 Å². The van der Waals surface area contributed by atoms with Gasteiger partial charge < -0.3 is 10.0 Å². The number of nitrogens with zero attached hydrogens (tertiary/aromatic N) is 2. The van der Waals surface area contributed by atoms with Gasteiger partial charge in [-0.2, -0.15) is 0 Å². The van der Waals surface area contributed by atoms with Crippen LogP contribution in [0.3, 0.4) is 0 Å². The van der Waals surface area contributed by atoms with E-state index in [1.165, 1.54) is 12.1 Å². The zero-order valence-electron chi connectivity index (χ0n) is 14.5. The molecule has 1 aromatic carbocycles. The van der Waals surface area contributed by atoms with Crippen molar-refractivity contribution in [1.82, 2.24) is 9.80 Å². The van der Waals surface area contributed by atoms with Crippen molar-refractivity contribution in [1.29, 1.82) is 0 Å². The molecule has 136 valence electrons. The van der Waals surface area contributed by atoms with Crippen molar-refractivity contribution in [2.45, 2.75) is 38.1 Å². The summed E-state index contributed by atoms with van der Waals surface area (Å²) >= 11 is 0. The molecule has 2 fully saturated rings. The molecule has 6 heteroatoms. The van der Waals surface area contributed by atoms with E-state index < -0.39 is 5.97 Å². The summed E-state index contributed by atoms with van der Waals surface area (Å²) in [6.45, 7) is 4.34. The fourth-order valence-electron chi connectivity index (χ4n) is 3.94. The van der Waals surface area contributed by atoms with Gasteiger partial charge in [-0.3, -0.25) is 14.5 Å². The molecular formula is C19H25FN2O3. The molecule has 2 aliphatic heterocycles. The zero-order chi connectivity index (χ0) is 18.0. The minimum atomic E-state index is -0.762. The SMILES string of the molecule is C[C@H]1C[C@H](c2ccc(F)cc2)CN1CC(=O)N1CCC(C(=O)O)CC1. The van der Waals surface area contributed by atoms with Crippen LogP contribution in [0, 0.1) is 11.7 Å². The Bertz CT molecular complexity index is 626. The molecule has 1 N–H and O–H groups in total. The Morgan fingerprint density at radius 1 is 1.20 bits per heavy atom. The maximum Gasteiger partial charge on any atom is 0.306 e. The van der Waals surface area contributed by atoms with Crippen molar-refractivity contribution in [2.24, 2.45) is 5.92 Å². The summed E-state index contributed by atoms with van der Waals surface area (Å²) in [6.07, 6.45) is 2.03. The first kappa shape index (κ1) is 17.9. The number of piperidine rings is 1. The molecule has 0 spiro atoms. The molecule has 1 aromatic rings. The van der Waals surface area contributed by atoms with Gasteiger partial charge in [-0.15, -0.1) is 0 Å². The van der Waals surface area contributed by atoms with Gasteiger partial charge in [0.05, 0.1) is 12.5 Å². The Morgan fingerprint density at radius 3 is 2.44 bits per heavy atom. The first-order valence-corrected chi connectivity index (χ1v) is 8.94. The lowest BCUT2D eigenvalue weighted by Gasteiger charge is -2.32. The molecule has 5 nitrogen and oxygen atoms in total. The number of carboxylic acid groups (broad SMARTS) is 1. The second-order valence-corrected chi connectivity index (χ2v) is 7.26. The van der Waals surface area contributed by atoms with E-state index >= 15 is 0 Å². The number of carbonyl (C=O) groups is 2. The minimum Gasteiger partial charge on any atom is -0.481 e. The lowest BCUT2D eigenvalue weighted by atomic mass is 9.97. The summed E-state index contributed by atoms with van der Waals surface area (Å²) in [7, 11) is 0. The molecule has 0 bridgehead atoms. The van der Waals surface area contributed by atoms with Gasteiger partial charge in [0.1, 0.15) is 5.82 Å². The van der Waals surface area contributed by atoms with E-state index in [0.29, 0.717) is 44.4 Å². The fraction of sp³-hybridized carbons (Fsp3) is 0.579. The third-order valence-electron chi connectivity index (χ3n) is 5.58. The number of likely N-dealkylation sites (tertiary alicyclic amines) is 2. The first-order chi connectivity index (χ1) is 11.9. The highest BCUT2D eigenvalue weighted by Gasteiger charge is 2.33. The predicted molar refractivity (Wildman–Crippen MR) is 91.7 cm³/mol. The van der Waals surface area contributed by atoms with Crippen LogP contribution in [-0.2, 0) is 9.59 Å². The average Bonchev–Trinajstić information content (AvgIpc) is 2.96. The van der Waals surface area contributed by atoms with E-state index in [0.717, 1.165) is 18.5 Å². The van der Waals surface area contributed by atoms with Crippen molar-refractivity contribution in [3.63, 3.8) is 0 Å². The van der Waals surface area contributed by atoms with Crippen molar-refractivity contribution >= 4 is 11.9 Å². The van der Waals surface area contributed by atoms with Crippen LogP contribution in [0.25, 0.3) is 0 Å². The number of amides is 1. The molecule has 0 saturated carbocycles. The van der Waals surface area contributed by atoms with Crippen LogP contribution in [0.2, 0.25) is 0 Å². The Morgan fingerprint density at radius 2 is 1.84 bits per heavy atom. The second-order valence-electron chi connectivity index (χ2n) is 7.26. The summed E-state index contributed by atoms with van der Waals surface area (Å²) in [5.41, 5.74) is 1.12. The van der Waals surface area contributed by atoms with Gasteiger partial charge in [0, 0.05) is 25.7 Å². The van der Waals surface area contributed by atoms with Crippen LogP contribution in [0.15, 0.2) is 24.3 Å². The highest BCUT2D eigenvalue weighted by Crippen LogP contribution is 2.31. The van der Waals surface area contributed by atoms with Crippen LogP contribution in [0.5, 0.6) is 0 Å². The number of carbonyl (C=O) groups excluding carboxylic acids is 1. The average molecular weight is 348 g/mol. The predicted octanol–water partition coefficient (Wildman–Crippen LogP) is 2.33. The lowest BCUT2D eigenvalue weighted by molar-refractivity contribution is -0.146. The van der Waals surface area contributed by atoms with Crippen LogP contribution in [0.4, 0.5) is 4.39 Å². The summed E-state index contributed by atoms with van der Waals surface area (Å²) in [4.78, 5) is 27.5. The van der Waals surface area contributed by atoms with Crippen LogP contribution < -0.4 is 0 Å². The molecule has 0 radical (unpaired) electrons. The lowest BCUT2D eigenvalue weighted by Crippen LogP contribution is -2.45. The highest BCUT2D eigenvalue weighted by molar-refractivity contribution is 5.79. The van der Waals surface area contributed by atoms with Crippen molar-refractivity contribution in [3.8, 4) is 0 Å². The standard InChI is InChI=1S/C19H25FN2O3/c1-13-10-16(14-2-4-17(20)5-3-14)11-22(13)12-18(23)21-8-6-15(7-9-21)19(24)25/h2-5,13,15-16H,6-12H2,1H3,(H,24,25)/t13-,16-/m0/s1. The Labute approximate surface area is 147 Å². The Kier molecular flexibility index (Phi) is 5.37. The maximum absolute atomic E-state index is 13.1. The van der Waals surface area contributed by atoms with Crippen LogP contribution >= 0.6 is 0 Å². The first-order valence-electron chi connectivity index (χ1n) is 8.94. The summed E-state index contributed by atoms with van der Waals surface area (Å²) in [6, 6.07) is 6.93. The smallest absolute Gasteiger partial charge is 0.306 e. The number of hydrogen-bond donors (Lipinski definition) is 1. The number of rotatable bonds is 4. The van der Waals surface area contributed by atoms with Crippen molar-refractivity contribution in [2.75, 3.05) is 26.2 Å². The van der Waals surface area contributed by atoms with Gasteiger partial charge in [0.25, 0.3) is 0 Å². The van der Waals surface area contributed by atoms with Gasteiger partial charge in [0.15, 0.2) is 0 Å². The van der Waals surface area contributed by atoms with E-state index in [-0.39, 0.29) is 17.6 Å². The van der Waals surface area contributed by atoms with Gasteiger partial charge in [-0.1, -0.05) is 12.1 Å². The highest BCUT2D eigenvalue weighted by atomic mass is 19.1. The number of halogens is 1. The number of carboxylic acids is 1. The monoisotopic (exact) mass is 348 g/mol. The fourth-order valence-corrected chi connectivity index (χ4v) is 3.94. The molecule has 0 aliphatic carbocycles. The molecule has 3 rings (SSSR count). The molecule has 0 aromatic heterocycles. The van der Waals surface area contributed by atoms with Gasteiger partial charge >= 0.3 is 5.97 Å². The zero-order valence-corrected chi connectivity index (χ0v) is 14.5. The van der Waals surface area contributed by atoms with E-state index in [9.17, 15) is 14.0 Å². The molecular weight excluding hydrogens is 323 g/mol. The Hall–Kier alpha value is -1.95. The molecule has 1 amide bonds. The number of benzene rings is 1. The van der Waals surface area contributed by atoms with Gasteiger partial charge in [-0.25, -0.2) is 4.39 Å². The molecule has 2 heterocycles. The molecule has 2 aliphatic rings. The third kappa shape index (κ3) is 4.18. The maximum atomic E-state index is 13.1. The third-order valence-corrected chi connectivity index (χ3v) is 5.58. The molecule has 0 unspecified atom stereocenters. The van der Waals surface area contributed by atoms with E-state index in [1.807, 2.05) is 12.1 Å². The van der Waals surface area contributed by atoms with Crippen LogP contribution in [0.1, 0.15) is 37.7 Å². The normalized spacial score (nSPS) is 25.3. The topological polar surface area (TPSA) is 60.9 Å². The largest absolute Gasteiger partial charge is 0.481 e. The summed E-state index contributed by atoms with van der Waals surface area (Å²) in [5, 5.41) is 9.05. The number of aliphatic carboxylic acids is 1. The molecule has 25 heavy (non-hydrogen) atoms. The Balaban J connectivity index is 1.53. The summed E-state index contributed by atoms with van der Waals surface area (Å²) in [5.74, 6) is -0.914. The van der Waals surface area contributed by atoms with E-state index in [4.69, 9.17) is 5.11 Å². The van der Waals surface area contributed by atoms with Crippen LogP contribution in [-0.4, -0.2) is 59.0 Å². The van der Waals surface area contributed by atoms with Crippen molar-refractivity contribution in [3.05, 3.63) is 35.6 Å². The van der Waals surface area contributed by atoms with E-state index in [2.05, 4.69) is 11.8 Å². The number of hydrogen-bond acceptors (Lipinski definition) is 3. The second kappa shape index (κ2) is 7.52. The van der Waals surface area contributed by atoms with E-state index in [1.54, 1.807) is 4.90 Å².